The molecule has 8 heteroatoms. The van der Waals surface area contributed by atoms with Crippen LogP contribution in [0.3, 0.4) is 0 Å². The molecule has 1 saturated heterocycles. The minimum atomic E-state index is 0.199. The largest absolute Gasteiger partial charge is 0.440 e. The summed E-state index contributed by atoms with van der Waals surface area (Å²) < 4.78 is 5.16. The molecule has 0 saturated carbocycles. The third-order valence-electron chi connectivity index (χ3n) is 2.80. The molecule has 1 aliphatic rings. The van der Waals surface area contributed by atoms with Crippen molar-refractivity contribution in [2.45, 2.75) is 29.6 Å². The quantitative estimate of drug-likeness (QED) is 0.862. The van der Waals surface area contributed by atoms with E-state index in [1.54, 1.807) is 6.20 Å². The van der Waals surface area contributed by atoms with Gasteiger partial charge in [0, 0.05) is 24.9 Å². The Morgan fingerprint density at radius 1 is 1.16 bits per heavy atom. The van der Waals surface area contributed by atoms with E-state index in [0.717, 1.165) is 25.9 Å². The molecule has 2 aromatic heterocycles. The van der Waals surface area contributed by atoms with Crippen LogP contribution >= 0.6 is 23.4 Å². The second-order valence-corrected chi connectivity index (χ2v) is 5.39. The molecule has 0 radical (unpaired) electrons. The summed E-state index contributed by atoms with van der Waals surface area (Å²) in [6.07, 6.45) is 6.66. The van der Waals surface area contributed by atoms with Gasteiger partial charge in [-0.2, -0.15) is 15.0 Å². The molecular formula is C11H12ClN5OS. The number of anilines is 1. The topological polar surface area (TPSA) is 67.9 Å². The number of hydrogen-bond donors (Lipinski definition) is 0. The highest BCUT2D eigenvalue weighted by Gasteiger charge is 2.16. The van der Waals surface area contributed by atoms with E-state index in [0.29, 0.717) is 16.3 Å². The van der Waals surface area contributed by atoms with E-state index in [-0.39, 0.29) is 5.28 Å². The monoisotopic (exact) mass is 297 g/mol. The number of piperidine rings is 1. The van der Waals surface area contributed by atoms with Crippen LogP contribution in [-0.4, -0.2) is 33.0 Å². The third-order valence-corrected chi connectivity index (χ3v) is 3.71. The Labute approximate surface area is 119 Å². The zero-order chi connectivity index (χ0) is 13.1. The smallest absolute Gasteiger partial charge is 0.263 e. The normalized spacial score (nSPS) is 15.7. The Balaban J connectivity index is 1.82. The second-order valence-electron chi connectivity index (χ2n) is 4.13. The van der Waals surface area contributed by atoms with Gasteiger partial charge in [-0.15, -0.1) is 0 Å². The van der Waals surface area contributed by atoms with Gasteiger partial charge in [-0.25, -0.2) is 4.98 Å². The van der Waals surface area contributed by atoms with E-state index < -0.39 is 0 Å². The summed E-state index contributed by atoms with van der Waals surface area (Å²) in [4.78, 5) is 18.8. The van der Waals surface area contributed by atoms with E-state index >= 15 is 0 Å². The Kier molecular flexibility index (Phi) is 3.84. The Bertz CT molecular complexity index is 544. The van der Waals surface area contributed by atoms with Crippen molar-refractivity contribution in [3.63, 3.8) is 0 Å². The minimum absolute atomic E-state index is 0.199. The zero-order valence-electron chi connectivity index (χ0n) is 10.1. The van der Waals surface area contributed by atoms with Crippen LogP contribution in [0.1, 0.15) is 19.3 Å². The predicted molar refractivity (Wildman–Crippen MR) is 71.5 cm³/mol. The second kappa shape index (κ2) is 5.75. The molecule has 0 spiro atoms. The average Bonchev–Trinajstić information content (AvgIpc) is 2.92. The van der Waals surface area contributed by atoms with E-state index in [1.807, 2.05) is 0 Å². The Morgan fingerprint density at radius 2 is 2.00 bits per heavy atom. The number of halogens is 1. The van der Waals surface area contributed by atoms with Gasteiger partial charge in [0.15, 0.2) is 0 Å². The number of aromatic nitrogens is 4. The van der Waals surface area contributed by atoms with Crippen LogP contribution in [0, 0.1) is 0 Å². The van der Waals surface area contributed by atoms with Gasteiger partial charge in [0.05, 0.1) is 6.20 Å². The molecular weight excluding hydrogens is 286 g/mol. The van der Waals surface area contributed by atoms with Crippen molar-refractivity contribution >= 4 is 29.3 Å². The first-order chi connectivity index (χ1) is 9.31. The highest BCUT2D eigenvalue weighted by molar-refractivity contribution is 7.98. The maximum atomic E-state index is 5.96. The number of hydrogen-bond acceptors (Lipinski definition) is 7. The van der Waals surface area contributed by atoms with Gasteiger partial charge in [0.25, 0.3) is 5.22 Å². The molecule has 3 rings (SSSR count). The Morgan fingerprint density at radius 3 is 2.74 bits per heavy atom. The van der Waals surface area contributed by atoms with Crippen LogP contribution in [0.15, 0.2) is 27.3 Å². The minimum Gasteiger partial charge on any atom is -0.440 e. The maximum absolute atomic E-state index is 5.96. The summed E-state index contributed by atoms with van der Waals surface area (Å²) in [5, 5.41) is 1.19. The van der Waals surface area contributed by atoms with Gasteiger partial charge in [0.2, 0.25) is 16.4 Å². The number of oxazole rings is 1. The first kappa shape index (κ1) is 12.7. The summed E-state index contributed by atoms with van der Waals surface area (Å²) >= 11 is 7.19. The zero-order valence-corrected chi connectivity index (χ0v) is 11.7. The third kappa shape index (κ3) is 3.16. The Hall–Kier alpha value is -1.34. The van der Waals surface area contributed by atoms with Crippen LogP contribution in [-0.2, 0) is 0 Å². The number of nitrogens with zero attached hydrogens (tertiary/aromatic N) is 5. The molecule has 0 amide bonds. The van der Waals surface area contributed by atoms with Crippen molar-refractivity contribution in [2.75, 3.05) is 18.0 Å². The molecule has 0 N–H and O–H groups in total. The van der Waals surface area contributed by atoms with E-state index in [1.165, 1.54) is 24.4 Å². The highest BCUT2D eigenvalue weighted by Crippen LogP contribution is 2.25. The van der Waals surface area contributed by atoms with Crippen LogP contribution in [0.5, 0.6) is 0 Å². The highest BCUT2D eigenvalue weighted by atomic mass is 35.5. The van der Waals surface area contributed by atoms with Crippen molar-refractivity contribution in [3.8, 4) is 0 Å². The fourth-order valence-corrected chi connectivity index (χ4v) is 2.78. The van der Waals surface area contributed by atoms with Crippen LogP contribution in [0.4, 0.5) is 5.95 Å². The summed E-state index contributed by atoms with van der Waals surface area (Å²) in [6.45, 7) is 1.92. The van der Waals surface area contributed by atoms with Crippen molar-refractivity contribution < 1.29 is 4.42 Å². The standard InChI is InChI=1S/C11H12ClN5OS/c12-8-14-9(17-5-2-1-3-6-17)16-10(15-8)19-11-13-4-7-18-11/h4,7H,1-3,5-6H2. The van der Waals surface area contributed by atoms with Crippen LogP contribution in [0.25, 0.3) is 0 Å². The van der Waals surface area contributed by atoms with Gasteiger partial charge in [-0.05, 0) is 30.9 Å². The maximum Gasteiger partial charge on any atom is 0.263 e. The molecule has 0 bridgehead atoms. The van der Waals surface area contributed by atoms with Crippen LogP contribution in [0.2, 0.25) is 5.28 Å². The summed E-state index contributed by atoms with van der Waals surface area (Å²) in [7, 11) is 0. The molecule has 1 aliphatic heterocycles. The summed E-state index contributed by atoms with van der Waals surface area (Å²) in [5.74, 6) is 0.633. The molecule has 1 fully saturated rings. The molecule has 3 heterocycles. The lowest BCUT2D eigenvalue weighted by Gasteiger charge is -2.26. The van der Waals surface area contributed by atoms with E-state index in [4.69, 9.17) is 16.0 Å². The first-order valence-corrected chi connectivity index (χ1v) is 7.24. The predicted octanol–water partition coefficient (Wildman–Crippen LogP) is 2.65. The van der Waals surface area contributed by atoms with E-state index in [9.17, 15) is 0 Å². The first-order valence-electron chi connectivity index (χ1n) is 6.05. The van der Waals surface area contributed by atoms with Crippen molar-refractivity contribution in [1.82, 2.24) is 19.9 Å². The molecule has 100 valence electrons. The van der Waals surface area contributed by atoms with Crippen molar-refractivity contribution in [3.05, 3.63) is 17.7 Å². The average molecular weight is 298 g/mol. The SMILES string of the molecule is Clc1nc(Sc2ncco2)nc(N2CCCCC2)n1. The lowest BCUT2D eigenvalue weighted by molar-refractivity contribution is 0.453. The van der Waals surface area contributed by atoms with Gasteiger partial charge in [-0.1, -0.05) is 0 Å². The molecule has 0 atom stereocenters. The lowest BCUT2D eigenvalue weighted by Crippen LogP contribution is -2.31. The van der Waals surface area contributed by atoms with Crippen molar-refractivity contribution in [2.24, 2.45) is 0 Å². The van der Waals surface area contributed by atoms with Gasteiger partial charge >= 0.3 is 0 Å². The van der Waals surface area contributed by atoms with Gasteiger partial charge in [-0.3, -0.25) is 0 Å². The number of rotatable bonds is 3. The molecule has 19 heavy (non-hydrogen) atoms. The molecule has 6 nitrogen and oxygen atoms in total. The summed E-state index contributed by atoms with van der Waals surface area (Å²) in [6, 6.07) is 0. The van der Waals surface area contributed by atoms with Gasteiger partial charge < -0.3 is 9.32 Å². The van der Waals surface area contributed by atoms with E-state index in [2.05, 4.69) is 24.8 Å². The van der Waals surface area contributed by atoms with Gasteiger partial charge in [0.1, 0.15) is 6.26 Å². The van der Waals surface area contributed by atoms with Crippen LogP contribution < -0.4 is 4.90 Å². The van der Waals surface area contributed by atoms with Crippen molar-refractivity contribution in [1.29, 1.82) is 0 Å². The summed E-state index contributed by atoms with van der Waals surface area (Å²) in [5.41, 5.74) is 0. The molecule has 0 unspecified atom stereocenters. The molecule has 2 aromatic rings. The molecule has 0 aliphatic carbocycles. The fourth-order valence-electron chi connectivity index (χ4n) is 1.94. The lowest BCUT2D eigenvalue weighted by atomic mass is 10.1. The molecule has 0 aromatic carbocycles. The fraction of sp³-hybridized carbons (Fsp3) is 0.455.